The van der Waals surface area contributed by atoms with Gasteiger partial charge in [0.15, 0.2) is 0 Å². The smallest absolute Gasteiger partial charge is 0.0656 e. The minimum Gasteiger partial charge on any atom is -0.320 e. The number of thiophene rings is 2. The molecule has 0 bridgehead atoms. The van der Waals surface area contributed by atoms with Gasteiger partial charge in [0, 0.05) is 4.88 Å². The van der Waals surface area contributed by atoms with Gasteiger partial charge in [0.2, 0.25) is 0 Å². The van der Waals surface area contributed by atoms with E-state index in [4.69, 9.17) is 5.73 Å². The summed E-state index contributed by atoms with van der Waals surface area (Å²) < 4.78 is 0. The maximum absolute atomic E-state index is 6.12. The molecule has 1 unspecified atom stereocenters. The topological polar surface area (TPSA) is 26.0 Å². The van der Waals surface area contributed by atoms with Crippen molar-refractivity contribution >= 4 is 22.7 Å². The third kappa shape index (κ3) is 1.68. The van der Waals surface area contributed by atoms with E-state index < -0.39 is 0 Å². The van der Waals surface area contributed by atoms with E-state index in [0.717, 1.165) is 0 Å². The fourth-order valence-electron chi connectivity index (χ4n) is 1.31. The molecule has 2 heterocycles. The van der Waals surface area contributed by atoms with Crippen LogP contribution in [0.3, 0.4) is 0 Å². The molecule has 1 atom stereocenters. The molecule has 0 saturated carbocycles. The van der Waals surface area contributed by atoms with Gasteiger partial charge in [-0.25, -0.2) is 0 Å². The molecular weight excluding hydrogens is 198 g/mol. The third-order valence-electron chi connectivity index (χ3n) is 2.08. The first-order chi connectivity index (χ1) is 6.29. The van der Waals surface area contributed by atoms with E-state index in [1.54, 1.807) is 22.7 Å². The van der Waals surface area contributed by atoms with Gasteiger partial charge in [0.25, 0.3) is 0 Å². The molecule has 2 aromatic rings. The van der Waals surface area contributed by atoms with Crippen molar-refractivity contribution in [1.29, 1.82) is 0 Å². The molecule has 1 nitrogen and oxygen atoms in total. The van der Waals surface area contributed by atoms with E-state index in [2.05, 4.69) is 29.1 Å². The maximum Gasteiger partial charge on any atom is 0.0656 e. The van der Waals surface area contributed by atoms with E-state index in [9.17, 15) is 0 Å². The van der Waals surface area contributed by atoms with Crippen molar-refractivity contribution in [3.8, 4) is 0 Å². The van der Waals surface area contributed by atoms with E-state index >= 15 is 0 Å². The van der Waals surface area contributed by atoms with Crippen molar-refractivity contribution in [2.45, 2.75) is 13.0 Å². The first-order valence-electron chi connectivity index (χ1n) is 4.10. The fourth-order valence-corrected chi connectivity index (χ4v) is 2.94. The lowest BCUT2D eigenvalue weighted by Gasteiger charge is -2.08. The van der Waals surface area contributed by atoms with Gasteiger partial charge in [0.1, 0.15) is 0 Å². The summed E-state index contributed by atoms with van der Waals surface area (Å²) >= 11 is 3.43. The van der Waals surface area contributed by atoms with Crippen molar-refractivity contribution in [3.63, 3.8) is 0 Å². The molecule has 2 N–H and O–H groups in total. The second-order valence-electron chi connectivity index (χ2n) is 3.00. The Hall–Kier alpha value is -0.640. The number of rotatable bonds is 2. The highest BCUT2D eigenvalue weighted by atomic mass is 32.1. The average molecular weight is 209 g/mol. The molecule has 0 fully saturated rings. The lowest BCUT2D eigenvalue weighted by Crippen LogP contribution is -2.10. The lowest BCUT2D eigenvalue weighted by molar-refractivity contribution is 0.890. The zero-order valence-electron chi connectivity index (χ0n) is 7.36. The van der Waals surface area contributed by atoms with Gasteiger partial charge >= 0.3 is 0 Å². The Morgan fingerprint density at radius 2 is 2.23 bits per heavy atom. The summed E-state index contributed by atoms with van der Waals surface area (Å²) in [5.41, 5.74) is 8.68. The number of aryl methyl sites for hydroxylation is 1. The predicted octanol–water partition coefficient (Wildman–Crippen LogP) is 3.17. The van der Waals surface area contributed by atoms with E-state index in [1.165, 1.54) is 16.0 Å². The first-order valence-corrected chi connectivity index (χ1v) is 5.93. The monoisotopic (exact) mass is 209 g/mol. The number of nitrogens with two attached hydrogens (primary N) is 1. The van der Waals surface area contributed by atoms with Crippen molar-refractivity contribution in [3.05, 3.63) is 44.3 Å². The molecule has 0 aliphatic heterocycles. The van der Waals surface area contributed by atoms with E-state index in [0.29, 0.717) is 0 Å². The molecule has 3 heteroatoms. The van der Waals surface area contributed by atoms with Crippen molar-refractivity contribution in [1.82, 2.24) is 0 Å². The molecule has 0 aliphatic rings. The second-order valence-corrected chi connectivity index (χ2v) is 4.73. The van der Waals surface area contributed by atoms with Crippen LogP contribution in [0, 0.1) is 6.92 Å². The van der Waals surface area contributed by atoms with Crippen LogP contribution >= 0.6 is 22.7 Å². The Morgan fingerprint density at radius 1 is 1.38 bits per heavy atom. The third-order valence-corrected chi connectivity index (χ3v) is 3.91. The Bertz CT molecular complexity index is 375. The van der Waals surface area contributed by atoms with Crippen molar-refractivity contribution < 1.29 is 0 Å². The molecule has 13 heavy (non-hydrogen) atoms. The molecular formula is C10H11NS2. The Balaban J connectivity index is 2.33. The molecule has 0 aliphatic carbocycles. The highest BCUT2D eigenvalue weighted by Crippen LogP contribution is 2.27. The predicted molar refractivity (Wildman–Crippen MR) is 59.4 cm³/mol. The molecule has 0 amide bonds. The van der Waals surface area contributed by atoms with Crippen molar-refractivity contribution in [2.24, 2.45) is 5.73 Å². The van der Waals surface area contributed by atoms with Gasteiger partial charge < -0.3 is 5.73 Å². The van der Waals surface area contributed by atoms with Crippen LogP contribution < -0.4 is 5.73 Å². The quantitative estimate of drug-likeness (QED) is 0.807. The van der Waals surface area contributed by atoms with Gasteiger partial charge in [-0.15, -0.1) is 11.3 Å². The van der Waals surface area contributed by atoms with Gasteiger partial charge in [0.05, 0.1) is 6.04 Å². The standard InChI is InChI=1S/C10H11NS2/c1-7-5-12-6-8(7)10(11)9-3-2-4-13-9/h2-6,10H,11H2,1H3. The van der Waals surface area contributed by atoms with Gasteiger partial charge in [-0.1, -0.05) is 6.07 Å². The van der Waals surface area contributed by atoms with Gasteiger partial charge in [-0.05, 0) is 40.3 Å². The second kappa shape index (κ2) is 3.62. The summed E-state index contributed by atoms with van der Waals surface area (Å²) in [6.45, 7) is 2.11. The van der Waals surface area contributed by atoms with Crippen LogP contribution in [-0.2, 0) is 0 Å². The Morgan fingerprint density at radius 3 is 2.77 bits per heavy atom. The summed E-state index contributed by atoms with van der Waals surface area (Å²) in [4.78, 5) is 1.24. The van der Waals surface area contributed by atoms with Crippen LogP contribution in [0.4, 0.5) is 0 Å². The average Bonchev–Trinajstić information content (AvgIpc) is 2.72. The number of hydrogen-bond acceptors (Lipinski definition) is 3. The summed E-state index contributed by atoms with van der Waals surface area (Å²) in [7, 11) is 0. The van der Waals surface area contributed by atoms with Crippen molar-refractivity contribution in [2.75, 3.05) is 0 Å². The summed E-state index contributed by atoms with van der Waals surface area (Å²) in [5.74, 6) is 0. The molecule has 68 valence electrons. The highest BCUT2D eigenvalue weighted by molar-refractivity contribution is 7.10. The summed E-state index contributed by atoms with van der Waals surface area (Å²) in [6.07, 6.45) is 0. The SMILES string of the molecule is Cc1cscc1C(N)c1cccs1. The molecule has 0 spiro atoms. The molecule has 2 aromatic heterocycles. The lowest BCUT2D eigenvalue weighted by atomic mass is 10.1. The number of hydrogen-bond donors (Lipinski definition) is 1. The Kier molecular flexibility index (Phi) is 2.49. The van der Waals surface area contributed by atoms with Crippen LogP contribution in [0.1, 0.15) is 22.0 Å². The maximum atomic E-state index is 6.12. The van der Waals surface area contributed by atoms with Crippen LogP contribution in [0.5, 0.6) is 0 Å². The Labute approximate surface area is 85.8 Å². The first kappa shape index (κ1) is 8.94. The van der Waals surface area contributed by atoms with Crippen LogP contribution in [0.25, 0.3) is 0 Å². The zero-order valence-corrected chi connectivity index (χ0v) is 8.99. The molecule has 0 saturated heterocycles. The van der Waals surface area contributed by atoms with Gasteiger partial charge in [-0.3, -0.25) is 0 Å². The molecule has 2 rings (SSSR count). The summed E-state index contributed by atoms with van der Waals surface area (Å²) in [5, 5.41) is 6.35. The fraction of sp³-hybridized carbons (Fsp3) is 0.200. The molecule has 0 aromatic carbocycles. The van der Waals surface area contributed by atoms with E-state index in [1.807, 2.05) is 6.07 Å². The van der Waals surface area contributed by atoms with Crippen LogP contribution in [0.2, 0.25) is 0 Å². The molecule has 0 radical (unpaired) electrons. The largest absolute Gasteiger partial charge is 0.320 e. The highest BCUT2D eigenvalue weighted by Gasteiger charge is 2.12. The minimum absolute atomic E-state index is 0.0613. The zero-order chi connectivity index (χ0) is 9.26. The van der Waals surface area contributed by atoms with Crippen LogP contribution in [-0.4, -0.2) is 0 Å². The normalized spacial score (nSPS) is 13.1. The minimum atomic E-state index is 0.0613. The van der Waals surface area contributed by atoms with Gasteiger partial charge in [-0.2, -0.15) is 11.3 Å². The summed E-state index contributed by atoms with van der Waals surface area (Å²) in [6, 6.07) is 4.19. The van der Waals surface area contributed by atoms with Crippen LogP contribution in [0.15, 0.2) is 28.3 Å². The van der Waals surface area contributed by atoms with E-state index in [-0.39, 0.29) is 6.04 Å².